The van der Waals surface area contributed by atoms with Crippen molar-refractivity contribution in [1.82, 2.24) is 4.57 Å². The summed E-state index contributed by atoms with van der Waals surface area (Å²) in [6.45, 7) is 0.664. The molecule has 5 heteroatoms. The normalized spacial score (nSPS) is 17.8. The number of hydrogen-bond donors (Lipinski definition) is 1. The van der Waals surface area contributed by atoms with E-state index in [4.69, 9.17) is 0 Å². The maximum atomic E-state index is 10.6. The van der Waals surface area contributed by atoms with Crippen molar-refractivity contribution in [2.75, 3.05) is 0 Å². The second-order valence-electron chi connectivity index (χ2n) is 5.24. The van der Waals surface area contributed by atoms with Crippen LogP contribution in [0.25, 0.3) is 0 Å². The van der Waals surface area contributed by atoms with Crippen LogP contribution in [0.5, 0.6) is 0 Å². The van der Waals surface area contributed by atoms with Crippen LogP contribution in [0.15, 0.2) is 36.7 Å². The lowest BCUT2D eigenvalue weighted by Gasteiger charge is -2.16. The topological polar surface area (TPSA) is 68.3 Å². The van der Waals surface area contributed by atoms with Gasteiger partial charge in [-0.1, -0.05) is 12.1 Å². The molecule has 20 heavy (non-hydrogen) atoms. The fourth-order valence-electron chi connectivity index (χ4n) is 2.75. The largest absolute Gasteiger partial charge is 0.388 e. The van der Waals surface area contributed by atoms with Gasteiger partial charge in [0.05, 0.1) is 11.0 Å². The molecule has 3 rings (SSSR count). The Morgan fingerprint density at radius 1 is 1.30 bits per heavy atom. The summed E-state index contributed by atoms with van der Waals surface area (Å²) in [5, 5.41) is 20.6. The second-order valence-corrected chi connectivity index (χ2v) is 5.24. The molecule has 0 fully saturated rings. The average molecular weight is 272 g/mol. The summed E-state index contributed by atoms with van der Waals surface area (Å²) in [6.07, 6.45) is 6.57. The monoisotopic (exact) mass is 272 g/mol. The highest BCUT2D eigenvalue weighted by atomic mass is 16.6. The minimum Gasteiger partial charge on any atom is -0.388 e. The first-order valence-corrected chi connectivity index (χ1v) is 6.73. The lowest BCUT2D eigenvalue weighted by Crippen LogP contribution is -2.05. The molecule has 1 aromatic carbocycles. The molecular formula is C15H16N2O3. The predicted octanol–water partition coefficient (Wildman–Crippen LogP) is 2.81. The fourth-order valence-corrected chi connectivity index (χ4v) is 2.75. The number of aryl methyl sites for hydroxylation is 1. The van der Waals surface area contributed by atoms with E-state index in [0.29, 0.717) is 6.54 Å². The number of non-ortho nitro benzene ring substituents is 1. The Morgan fingerprint density at radius 3 is 2.70 bits per heavy atom. The zero-order chi connectivity index (χ0) is 14.1. The van der Waals surface area contributed by atoms with Crippen molar-refractivity contribution in [1.29, 1.82) is 0 Å². The summed E-state index contributed by atoms with van der Waals surface area (Å²) in [7, 11) is 0. The molecule has 1 aliphatic rings. The van der Waals surface area contributed by atoms with Crippen molar-refractivity contribution in [2.45, 2.75) is 31.9 Å². The van der Waals surface area contributed by atoms with Crippen LogP contribution in [-0.2, 0) is 13.0 Å². The number of rotatable bonds is 3. The summed E-state index contributed by atoms with van der Waals surface area (Å²) in [4.78, 5) is 10.2. The van der Waals surface area contributed by atoms with Crippen molar-refractivity contribution >= 4 is 5.69 Å². The van der Waals surface area contributed by atoms with Crippen molar-refractivity contribution in [3.8, 4) is 0 Å². The standard InChI is InChI=1S/C15H16N2O3/c18-15-3-1-2-12-9-16(10-14(12)15)8-11-4-6-13(7-5-11)17(19)20/h4-7,9-10,15,18H,1-3,8H2. The maximum absolute atomic E-state index is 10.6. The van der Waals surface area contributed by atoms with Gasteiger partial charge >= 0.3 is 0 Å². The minimum absolute atomic E-state index is 0.107. The summed E-state index contributed by atoms with van der Waals surface area (Å²) in [5.41, 5.74) is 3.36. The lowest BCUT2D eigenvalue weighted by molar-refractivity contribution is -0.384. The Kier molecular flexibility index (Phi) is 3.28. The van der Waals surface area contributed by atoms with Gasteiger partial charge in [0.15, 0.2) is 0 Å². The molecule has 0 spiro atoms. The number of aromatic nitrogens is 1. The highest BCUT2D eigenvalue weighted by Gasteiger charge is 2.19. The van der Waals surface area contributed by atoms with Crippen molar-refractivity contribution in [3.05, 3.63) is 63.5 Å². The van der Waals surface area contributed by atoms with E-state index in [1.54, 1.807) is 12.1 Å². The van der Waals surface area contributed by atoms with Gasteiger partial charge in [0, 0.05) is 36.6 Å². The molecule has 0 bridgehead atoms. The van der Waals surface area contributed by atoms with Crippen molar-refractivity contribution in [2.24, 2.45) is 0 Å². The number of nitro groups is 1. The third kappa shape index (κ3) is 2.44. The Balaban J connectivity index is 1.79. The number of nitro benzene ring substituents is 1. The molecule has 1 aliphatic carbocycles. The number of hydrogen-bond acceptors (Lipinski definition) is 3. The van der Waals surface area contributed by atoms with Crippen molar-refractivity contribution < 1.29 is 10.0 Å². The van der Waals surface area contributed by atoms with Crippen LogP contribution in [0.4, 0.5) is 5.69 Å². The zero-order valence-electron chi connectivity index (χ0n) is 11.0. The first-order chi connectivity index (χ1) is 9.63. The van der Waals surface area contributed by atoms with Gasteiger partial charge in [0.1, 0.15) is 0 Å². The SMILES string of the molecule is O=[N+]([O-])c1ccc(Cn2cc3c(c2)C(O)CCC3)cc1. The van der Waals surface area contributed by atoms with Crippen LogP contribution in [0.3, 0.4) is 0 Å². The Morgan fingerprint density at radius 2 is 2.05 bits per heavy atom. The van der Waals surface area contributed by atoms with Gasteiger partial charge in [-0.3, -0.25) is 10.1 Å². The average Bonchev–Trinajstić information content (AvgIpc) is 2.83. The number of aliphatic hydroxyl groups excluding tert-OH is 1. The molecule has 1 aromatic heterocycles. The third-order valence-electron chi connectivity index (χ3n) is 3.79. The Hall–Kier alpha value is -2.14. The number of aliphatic hydroxyl groups is 1. The number of benzene rings is 1. The van der Waals surface area contributed by atoms with E-state index in [1.807, 2.05) is 10.8 Å². The molecule has 5 nitrogen and oxygen atoms in total. The molecule has 104 valence electrons. The molecule has 2 aromatic rings. The minimum atomic E-state index is -0.394. The summed E-state index contributed by atoms with van der Waals surface area (Å²) in [6, 6.07) is 6.59. The van der Waals surface area contributed by atoms with E-state index in [-0.39, 0.29) is 11.8 Å². The summed E-state index contributed by atoms with van der Waals surface area (Å²) >= 11 is 0. The molecule has 1 unspecified atom stereocenters. The van der Waals surface area contributed by atoms with Crippen LogP contribution in [0, 0.1) is 10.1 Å². The lowest BCUT2D eigenvalue weighted by atomic mass is 9.93. The Labute approximate surface area is 116 Å². The molecule has 1 atom stereocenters. The van der Waals surface area contributed by atoms with E-state index >= 15 is 0 Å². The van der Waals surface area contributed by atoms with E-state index in [9.17, 15) is 15.2 Å². The van der Waals surface area contributed by atoms with Crippen LogP contribution in [0.1, 0.15) is 35.6 Å². The quantitative estimate of drug-likeness (QED) is 0.690. The van der Waals surface area contributed by atoms with E-state index in [2.05, 4.69) is 6.20 Å². The highest BCUT2D eigenvalue weighted by Crippen LogP contribution is 2.30. The fraction of sp³-hybridized carbons (Fsp3) is 0.333. The molecular weight excluding hydrogens is 256 g/mol. The molecule has 1 N–H and O–H groups in total. The first kappa shape index (κ1) is 12.9. The first-order valence-electron chi connectivity index (χ1n) is 6.73. The van der Waals surface area contributed by atoms with Gasteiger partial charge in [0.2, 0.25) is 0 Å². The number of fused-ring (bicyclic) bond motifs is 1. The smallest absolute Gasteiger partial charge is 0.269 e. The molecule has 0 aliphatic heterocycles. The van der Waals surface area contributed by atoms with E-state index in [1.165, 1.54) is 17.7 Å². The summed E-state index contributed by atoms with van der Waals surface area (Å²) in [5.74, 6) is 0. The molecule has 0 amide bonds. The molecule has 1 heterocycles. The van der Waals surface area contributed by atoms with Crippen LogP contribution in [0.2, 0.25) is 0 Å². The second kappa shape index (κ2) is 5.09. The summed E-state index contributed by atoms with van der Waals surface area (Å²) < 4.78 is 2.04. The predicted molar refractivity (Wildman–Crippen MR) is 74.5 cm³/mol. The molecule has 0 saturated heterocycles. The Bertz CT molecular complexity index is 631. The van der Waals surface area contributed by atoms with Crippen molar-refractivity contribution in [3.63, 3.8) is 0 Å². The van der Waals surface area contributed by atoms with Gasteiger partial charge in [-0.25, -0.2) is 0 Å². The van der Waals surface area contributed by atoms with Gasteiger partial charge in [-0.05, 0) is 30.4 Å². The molecule has 0 radical (unpaired) electrons. The van der Waals surface area contributed by atoms with Crippen LogP contribution in [-0.4, -0.2) is 14.6 Å². The maximum Gasteiger partial charge on any atom is 0.269 e. The molecule has 0 saturated carbocycles. The van der Waals surface area contributed by atoms with Gasteiger partial charge in [-0.2, -0.15) is 0 Å². The van der Waals surface area contributed by atoms with Crippen LogP contribution < -0.4 is 0 Å². The van der Waals surface area contributed by atoms with Gasteiger partial charge in [0.25, 0.3) is 5.69 Å². The number of nitrogens with zero attached hydrogens (tertiary/aromatic N) is 2. The van der Waals surface area contributed by atoms with E-state index in [0.717, 1.165) is 30.4 Å². The van der Waals surface area contributed by atoms with Gasteiger partial charge in [-0.15, -0.1) is 0 Å². The third-order valence-corrected chi connectivity index (χ3v) is 3.79. The van der Waals surface area contributed by atoms with Crippen LogP contribution >= 0.6 is 0 Å². The van der Waals surface area contributed by atoms with E-state index < -0.39 is 4.92 Å². The highest BCUT2D eigenvalue weighted by molar-refractivity contribution is 5.34. The zero-order valence-corrected chi connectivity index (χ0v) is 11.0. The van der Waals surface area contributed by atoms with Gasteiger partial charge < -0.3 is 9.67 Å².